The maximum atomic E-state index is 14.4. The van der Waals surface area contributed by atoms with Gasteiger partial charge in [-0.2, -0.15) is 0 Å². The maximum absolute atomic E-state index is 14.4. The van der Waals surface area contributed by atoms with E-state index >= 15 is 0 Å². The fourth-order valence-electron chi connectivity index (χ4n) is 4.92. The van der Waals surface area contributed by atoms with Gasteiger partial charge < -0.3 is 14.8 Å². The molecule has 5 rings (SSSR count). The third kappa shape index (κ3) is 3.58. The van der Waals surface area contributed by atoms with Gasteiger partial charge in [0.15, 0.2) is 0 Å². The van der Waals surface area contributed by atoms with Crippen LogP contribution < -0.4 is 4.90 Å². The van der Waals surface area contributed by atoms with Gasteiger partial charge in [-0.1, -0.05) is 6.07 Å². The van der Waals surface area contributed by atoms with Crippen molar-refractivity contribution in [2.75, 3.05) is 24.5 Å². The molecule has 0 bridgehead atoms. The van der Waals surface area contributed by atoms with Crippen LogP contribution in [0.4, 0.5) is 10.1 Å². The number of rotatable bonds is 3. The number of likely N-dealkylation sites (tertiary alicyclic amines) is 1. The van der Waals surface area contributed by atoms with Crippen LogP contribution in [0.1, 0.15) is 36.3 Å². The van der Waals surface area contributed by atoms with Crippen molar-refractivity contribution in [1.29, 1.82) is 0 Å². The summed E-state index contributed by atoms with van der Waals surface area (Å²) in [6.07, 6.45) is 5.71. The summed E-state index contributed by atoms with van der Waals surface area (Å²) >= 11 is 0. The van der Waals surface area contributed by atoms with Crippen molar-refractivity contribution >= 4 is 28.5 Å². The number of carbonyl (C=O) groups excluding carboxylic acids is 2. The van der Waals surface area contributed by atoms with Crippen molar-refractivity contribution in [2.24, 2.45) is 5.92 Å². The van der Waals surface area contributed by atoms with Gasteiger partial charge in [0, 0.05) is 43.8 Å². The second-order valence-electron chi connectivity index (χ2n) is 8.60. The van der Waals surface area contributed by atoms with Gasteiger partial charge in [0.2, 0.25) is 11.8 Å². The Hall–Kier alpha value is -3.22. The number of fused-ring (bicyclic) bond motifs is 1. The van der Waals surface area contributed by atoms with E-state index in [1.807, 2.05) is 17.2 Å². The average Bonchev–Trinajstić information content (AvgIpc) is 3.37. The van der Waals surface area contributed by atoms with Crippen molar-refractivity contribution in [3.8, 4) is 0 Å². The number of aromatic amines is 1. The molecule has 4 heterocycles. The minimum atomic E-state index is -0.421. The smallest absolute Gasteiger partial charge is 0.228 e. The van der Waals surface area contributed by atoms with E-state index in [2.05, 4.69) is 16.0 Å². The predicted octanol–water partition coefficient (Wildman–Crippen LogP) is 3.77. The Morgan fingerprint density at radius 3 is 2.81 bits per heavy atom. The quantitative estimate of drug-likeness (QED) is 0.701. The SMILES string of the molecule is Cc1ccc(N2CC(C(=O)N3CCC(c4c[nH]c5ncccc45)CC3)CC2=O)c(F)c1. The molecule has 7 heteroatoms. The lowest BCUT2D eigenvalue weighted by Gasteiger charge is -2.33. The molecule has 3 aromatic rings. The lowest BCUT2D eigenvalue weighted by molar-refractivity contribution is -0.136. The fourth-order valence-corrected chi connectivity index (χ4v) is 4.92. The molecule has 1 atom stereocenters. The van der Waals surface area contributed by atoms with Gasteiger partial charge >= 0.3 is 0 Å². The Morgan fingerprint density at radius 2 is 2.03 bits per heavy atom. The molecule has 160 valence electrons. The second kappa shape index (κ2) is 7.80. The van der Waals surface area contributed by atoms with Crippen LogP contribution in [0.5, 0.6) is 0 Å². The summed E-state index contributed by atoms with van der Waals surface area (Å²) in [4.78, 5) is 36.5. The zero-order valence-electron chi connectivity index (χ0n) is 17.5. The fraction of sp³-hybridized carbons (Fsp3) is 0.375. The third-order valence-electron chi connectivity index (χ3n) is 6.60. The van der Waals surface area contributed by atoms with Crippen molar-refractivity contribution in [3.05, 3.63) is 59.7 Å². The number of nitrogens with zero attached hydrogens (tertiary/aromatic N) is 3. The summed E-state index contributed by atoms with van der Waals surface area (Å²) in [5, 5.41) is 1.14. The summed E-state index contributed by atoms with van der Waals surface area (Å²) in [5.41, 5.74) is 3.21. The average molecular weight is 420 g/mol. The Bertz CT molecular complexity index is 1150. The van der Waals surface area contributed by atoms with Crippen LogP contribution in [0.3, 0.4) is 0 Å². The molecule has 1 N–H and O–H groups in total. The van der Waals surface area contributed by atoms with Crippen LogP contribution in [-0.2, 0) is 9.59 Å². The van der Waals surface area contributed by atoms with E-state index < -0.39 is 11.7 Å². The molecule has 2 amide bonds. The van der Waals surface area contributed by atoms with Crippen LogP contribution in [0.15, 0.2) is 42.7 Å². The number of aryl methyl sites for hydroxylation is 1. The second-order valence-corrected chi connectivity index (χ2v) is 8.60. The molecular formula is C24H25FN4O2. The van der Waals surface area contributed by atoms with Crippen molar-refractivity contribution in [2.45, 2.75) is 32.1 Å². The van der Waals surface area contributed by atoms with E-state index in [0.717, 1.165) is 29.4 Å². The van der Waals surface area contributed by atoms with Gasteiger partial charge in [-0.15, -0.1) is 0 Å². The van der Waals surface area contributed by atoms with Crippen LogP contribution >= 0.6 is 0 Å². The molecule has 2 aliphatic heterocycles. The maximum Gasteiger partial charge on any atom is 0.228 e. The molecule has 2 aromatic heterocycles. The number of hydrogen-bond donors (Lipinski definition) is 1. The number of carbonyl (C=O) groups is 2. The summed E-state index contributed by atoms with van der Waals surface area (Å²) in [6, 6.07) is 8.85. The topological polar surface area (TPSA) is 69.3 Å². The highest BCUT2D eigenvalue weighted by Crippen LogP contribution is 2.34. The monoisotopic (exact) mass is 420 g/mol. The molecule has 0 aliphatic carbocycles. The Morgan fingerprint density at radius 1 is 1.23 bits per heavy atom. The first-order valence-corrected chi connectivity index (χ1v) is 10.8. The zero-order valence-corrected chi connectivity index (χ0v) is 17.5. The number of anilines is 1. The predicted molar refractivity (Wildman–Crippen MR) is 116 cm³/mol. The van der Waals surface area contributed by atoms with Crippen LogP contribution in [0.25, 0.3) is 11.0 Å². The highest BCUT2D eigenvalue weighted by molar-refractivity contribution is 6.00. The third-order valence-corrected chi connectivity index (χ3v) is 6.60. The number of nitrogens with one attached hydrogen (secondary N) is 1. The number of pyridine rings is 1. The standard InChI is InChI=1S/C24H25FN4O2/c1-15-4-5-21(20(25)11-15)29-14-17(12-22(29)30)24(31)28-9-6-16(7-10-28)19-13-27-23-18(19)3-2-8-26-23/h2-5,8,11,13,16-17H,6-7,9-10,12,14H2,1H3,(H,26,27). The van der Waals surface area contributed by atoms with E-state index in [0.29, 0.717) is 19.0 Å². The van der Waals surface area contributed by atoms with E-state index in [1.54, 1.807) is 25.3 Å². The Kier molecular flexibility index (Phi) is 4.96. The van der Waals surface area contributed by atoms with Crippen molar-refractivity contribution < 1.29 is 14.0 Å². The van der Waals surface area contributed by atoms with Gasteiger partial charge in [-0.25, -0.2) is 9.37 Å². The Balaban J connectivity index is 1.24. The molecule has 2 saturated heterocycles. The minimum absolute atomic E-state index is 0.00223. The summed E-state index contributed by atoms with van der Waals surface area (Å²) in [6.45, 7) is 3.38. The summed E-state index contributed by atoms with van der Waals surface area (Å²) in [5.74, 6) is -0.646. The first-order chi connectivity index (χ1) is 15.0. The number of H-pyrrole nitrogens is 1. The normalized spacial score (nSPS) is 20.1. The van der Waals surface area contributed by atoms with Gasteiger partial charge in [0.1, 0.15) is 11.5 Å². The molecule has 1 aromatic carbocycles. The lowest BCUT2D eigenvalue weighted by Crippen LogP contribution is -2.42. The molecule has 2 fully saturated rings. The van der Waals surface area contributed by atoms with Crippen LogP contribution in [-0.4, -0.2) is 46.3 Å². The van der Waals surface area contributed by atoms with Gasteiger partial charge in [0.05, 0.1) is 11.6 Å². The molecule has 0 spiro atoms. The van der Waals surface area contributed by atoms with E-state index in [4.69, 9.17) is 0 Å². The largest absolute Gasteiger partial charge is 0.346 e. The lowest BCUT2D eigenvalue weighted by atomic mass is 9.89. The van der Waals surface area contributed by atoms with E-state index in [-0.39, 0.29) is 30.5 Å². The van der Waals surface area contributed by atoms with Crippen LogP contribution in [0, 0.1) is 18.7 Å². The van der Waals surface area contributed by atoms with Crippen molar-refractivity contribution in [3.63, 3.8) is 0 Å². The molecule has 1 unspecified atom stereocenters. The highest BCUT2D eigenvalue weighted by Gasteiger charge is 2.39. The first-order valence-electron chi connectivity index (χ1n) is 10.8. The first kappa shape index (κ1) is 19.7. The van der Waals surface area contributed by atoms with Gasteiger partial charge in [-0.05, 0) is 61.1 Å². The zero-order chi connectivity index (χ0) is 21.5. The van der Waals surface area contributed by atoms with Crippen molar-refractivity contribution in [1.82, 2.24) is 14.9 Å². The molecule has 31 heavy (non-hydrogen) atoms. The molecule has 0 radical (unpaired) electrons. The number of benzene rings is 1. The summed E-state index contributed by atoms with van der Waals surface area (Å²) < 4.78 is 14.4. The Labute approximate surface area is 180 Å². The highest BCUT2D eigenvalue weighted by atomic mass is 19.1. The summed E-state index contributed by atoms with van der Waals surface area (Å²) in [7, 11) is 0. The molecule has 2 aliphatic rings. The number of piperidine rings is 1. The number of aromatic nitrogens is 2. The minimum Gasteiger partial charge on any atom is -0.346 e. The number of amides is 2. The molecular weight excluding hydrogens is 395 g/mol. The van der Waals surface area contributed by atoms with E-state index in [9.17, 15) is 14.0 Å². The van der Waals surface area contributed by atoms with Crippen LogP contribution in [0.2, 0.25) is 0 Å². The molecule has 6 nitrogen and oxygen atoms in total. The van der Waals surface area contributed by atoms with E-state index in [1.165, 1.54) is 16.5 Å². The number of hydrogen-bond acceptors (Lipinski definition) is 3. The molecule has 0 saturated carbocycles. The van der Waals surface area contributed by atoms with Gasteiger partial charge in [-0.3, -0.25) is 9.59 Å². The number of halogens is 1. The van der Waals surface area contributed by atoms with Gasteiger partial charge in [0.25, 0.3) is 0 Å².